The lowest BCUT2D eigenvalue weighted by Crippen LogP contribution is -1.90. The number of nitrogens with zero attached hydrogens (tertiary/aromatic N) is 3. The summed E-state index contributed by atoms with van der Waals surface area (Å²) in [6.45, 7) is 1.92. The molecule has 5 heteroatoms. The van der Waals surface area contributed by atoms with Crippen molar-refractivity contribution in [1.29, 1.82) is 0 Å². The van der Waals surface area contributed by atoms with Gasteiger partial charge in [0.15, 0.2) is 11.6 Å². The first-order valence-electron chi connectivity index (χ1n) is 5.17. The molecule has 0 aliphatic rings. The number of rotatable bonds is 1. The maximum absolute atomic E-state index is 12.8. The molecule has 0 unspecified atom stereocenters. The van der Waals surface area contributed by atoms with E-state index < -0.39 is 5.82 Å². The van der Waals surface area contributed by atoms with Crippen molar-refractivity contribution in [3.8, 4) is 11.4 Å². The van der Waals surface area contributed by atoms with E-state index in [0.717, 1.165) is 34.7 Å². The van der Waals surface area contributed by atoms with Crippen LogP contribution in [0.25, 0.3) is 22.4 Å². The summed E-state index contributed by atoms with van der Waals surface area (Å²) in [6.07, 6.45) is 4.04. The Morgan fingerprint density at radius 1 is 1.18 bits per heavy atom. The fourth-order valence-corrected chi connectivity index (χ4v) is 1.88. The van der Waals surface area contributed by atoms with E-state index in [4.69, 9.17) is 0 Å². The Kier molecular flexibility index (Phi) is 2.11. The van der Waals surface area contributed by atoms with Crippen LogP contribution in [-0.4, -0.2) is 19.9 Å². The molecule has 0 saturated heterocycles. The lowest BCUT2D eigenvalue weighted by atomic mass is 10.1. The van der Waals surface area contributed by atoms with Gasteiger partial charge in [-0.05, 0) is 19.1 Å². The summed E-state index contributed by atoms with van der Waals surface area (Å²) in [5.41, 5.74) is 2.58. The van der Waals surface area contributed by atoms with Crippen molar-refractivity contribution in [3.63, 3.8) is 0 Å². The van der Waals surface area contributed by atoms with Crippen molar-refractivity contribution >= 4 is 11.0 Å². The monoisotopic (exact) mass is 228 g/mol. The molecule has 0 saturated carbocycles. The Hall–Kier alpha value is -2.30. The molecule has 4 nitrogen and oxygen atoms in total. The molecule has 0 radical (unpaired) electrons. The van der Waals surface area contributed by atoms with E-state index in [1.807, 2.05) is 19.1 Å². The van der Waals surface area contributed by atoms with Gasteiger partial charge in [-0.15, -0.1) is 0 Å². The Labute approximate surface area is 96.6 Å². The van der Waals surface area contributed by atoms with Crippen LogP contribution in [0.4, 0.5) is 4.39 Å². The zero-order valence-electron chi connectivity index (χ0n) is 9.11. The van der Waals surface area contributed by atoms with E-state index in [-0.39, 0.29) is 0 Å². The quantitative estimate of drug-likeness (QED) is 0.696. The molecule has 0 atom stereocenters. The molecule has 3 aromatic rings. The van der Waals surface area contributed by atoms with Crippen LogP contribution in [0, 0.1) is 12.7 Å². The summed E-state index contributed by atoms with van der Waals surface area (Å²) in [5.74, 6) is 0.0625. The van der Waals surface area contributed by atoms with Gasteiger partial charge < -0.3 is 4.98 Å². The van der Waals surface area contributed by atoms with Crippen LogP contribution in [0.1, 0.15) is 5.69 Å². The highest BCUT2D eigenvalue weighted by Crippen LogP contribution is 2.28. The molecule has 0 fully saturated rings. The Balaban J connectivity index is 2.29. The molecule has 0 aromatic carbocycles. The summed E-state index contributed by atoms with van der Waals surface area (Å²) in [6, 6.07) is 3.79. The molecule has 3 aromatic heterocycles. The van der Waals surface area contributed by atoms with Gasteiger partial charge in [0, 0.05) is 22.8 Å². The van der Waals surface area contributed by atoms with Crippen molar-refractivity contribution in [2.45, 2.75) is 6.92 Å². The van der Waals surface area contributed by atoms with Crippen LogP contribution >= 0.6 is 0 Å². The van der Waals surface area contributed by atoms with Crippen LogP contribution in [0.2, 0.25) is 0 Å². The van der Waals surface area contributed by atoms with Gasteiger partial charge in [-0.25, -0.2) is 19.3 Å². The molecule has 1 N–H and O–H groups in total. The third kappa shape index (κ3) is 1.56. The molecular weight excluding hydrogens is 219 g/mol. The minimum Gasteiger partial charge on any atom is -0.343 e. The van der Waals surface area contributed by atoms with Crippen molar-refractivity contribution in [2.75, 3.05) is 0 Å². The molecule has 3 heterocycles. The Bertz CT molecular complexity index is 673. The first-order valence-corrected chi connectivity index (χ1v) is 5.17. The minimum absolute atomic E-state index is 0.440. The number of aromatic amines is 1. The van der Waals surface area contributed by atoms with Gasteiger partial charge in [0.05, 0.1) is 12.4 Å². The van der Waals surface area contributed by atoms with Gasteiger partial charge in [-0.2, -0.15) is 0 Å². The molecule has 0 aliphatic heterocycles. The standard InChI is InChI=1S/C12H9FN4/c1-7-10(12-15-5-8(13)6-16-12)9-3-2-4-14-11(9)17-7/h2-6H,1H3,(H,14,17). The Morgan fingerprint density at radius 3 is 2.71 bits per heavy atom. The number of hydrogen-bond donors (Lipinski definition) is 1. The zero-order valence-corrected chi connectivity index (χ0v) is 9.11. The van der Waals surface area contributed by atoms with E-state index in [0.29, 0.717) is 5.82 Å². The summed E-state index contributed by atoms with van der Waals surface area (Å²) in [7, 11) is 0. The number of pyridine rings is 1. The second kappa shape index (κ2) is 3.62. The molecular formula is C12H9FN4. The SMILES string of the molecule is Cc1[nH]c2ncccc2c1-c1ncc(F)cn1. The highest BCUT2D eigenvalue weighted by Gasteiger charge is 2.13. The Morgan fingerprint density at radius 2 is 1.94 bits per heavy atom. The minimum atomic E-state index is -0.440. The third-order valence-corrected chi connectivity index (χ3v) is 2.60. The highest BCUT2D eigenvalue weighted by molar-refractivity contribution is 5.93. The van der Waals surface area contributed by atoms with Gasteiger partial charge in [0.1, 0.15) is 5.65 Å². The highest BCUT2D eigenvalue weighted by atomic mass is 19.1. The van der Waals surface area contributed by atoms with Gasteiger partial charge in [-0.1, -0.05) is 0 Å². The second-order valence-electron chi connectivity index (χ2n) is 3.75. The number of halogens is 1. The largest absolute Gasteiger partial charge is 0.343 e. The van der Waals surface area contributed by atoms with Gasteiger partial charge in [0.2, 0.25) is 0 Å². The normalized spacial score (nSPS) is 10.9. The number of nitrogens with one attached hydrogen (secondary N) is 1. The van der Waals surface area contributed by atoms with E-state index in [1.165, 1.54) is 0 Å². The molecule has 3 rings (SSSR count). The smallest absolute Gasteiger partial charge is 0.161 e. The number of aryl methyl sites for hydroxylation is 1. The summed E-state index contributed by atoms with van der Waals surface area (Å²) < 4.78 is 12.8. The lowest BCUT2D eigenvalue weighted by molar-refractivity contribution is 0.614. The van der Waals surface area contributed by atoms with Crippen molar-refractivity contribution in [1.82, 2.24) is 19.9 Å². The van der Waals surface area contributed by atoms with Crippen LogP contribution in [0.3, 0.4) is 0 Å². The average molecular weight is 228 g/mol. The molecule has 17 heavy (non-hydrogen) atoms. The number of aromatic nitrogens is 4. The molecule has 0 spiro atoms. The third-order valence-electron chi connectivity index (χ3n) is 2.60. The fraction of sp³-hybridized carbons (Fsp3) is 0.0833. The van der Waals surface area contributed by atoms with Crippen molar-refractivity contribution < 1.29 is 4.39 Å². The fourth-order valence-electron chi connectivity index (χ4n) is 1.88. The molecule has 0 bridgehead atoms. The zero-order chi connectivity index (χ0) is 11.8. The van der Waals surface area contributed by atoms with Gasteiger partial charge in [-0.3, -0.25) is 0 Å². The van der Waals surface area contributed by atoms with Crippen LogP contribution in [0.5, 0.6) is 0 Å². The average Bonchev–Trinajstić information content (AvgIpc) is 2.66. The first kappa shape index (κ1) is 9.89. The van der Waals surface area contributed by atoms with Crippen molar-refractivity contribution in [3.05, 3.63) is 42.2 Å². The molecule has 0 amide bonds. The predicted molar refractivity (Wildman–Crippen MR) is 61.8 cm³/mol. The maximum atomic E-state index is 12.8. The van der Waals surface area contributed by atoms with E-state index in [9.17, 15) is 4.39 Å². The predicted octanol–water partition coefficient (Wildman–Crippen LogP) is 2.47. The van der Waals surface area contributed by atoms with E-state index in [1.54, 1.807) is 6.20 Å². The van der Waals surface area contributed by atoms with Crippen LogP contribution in [0.15, 0.2) is 30.7 Å². The van der Waals surface area contributed by atoms with E-state index >= 15 is 0 Å². The summed E-state index contributed by atoms with van der Waals surface area (Å²) in [5, 5.41) is 0.941. The maximum Gasteiger partial charge on any atom is 0.161 e. The summed E-state index contributed by atoms with van der Waals surface area (Å²) >= 11 is 0. The number of fused-ring (bicyclic) bond motifs is 1. The summed E-state index contributed by atoms with van der Waals surface area (Å²) in [4.78, 5) is 15.4. The number of hydrogen-bond acceptors (Lipinski definition) is 3. The van der Waals surface area contributed by atoms with Gasteiger partial charge >= 0.3 is 0 Å². The topological polar surface area (TPSA) is 54.5 Å². The van der Waals surface area contributed by atoms with Gasteiger partial charge in [0.25, 0.3) is 0 Å². The van der Waals surface area contributed by atoms with Crippen LogP contribution in [-0.2, 0) is 0 Å². The van der Waals surface area contributed by atoms with Crippen LogP contribution < -0.4 is 0 Å². The second-order valence-corrected chi connectivity index (χ2v) is 3.75. The van der Waals surface area contributed by atoms with E-state index in [2.05, 4.69) is 19.9 Å². The van der Waals surface area contributed by atoms with Crippen molar-refractivity contribution in [2.24, 2.45) is 0 Å². The first-order chi connectivity index (χ1) is 8.25. The molecule has 84 valence electrons. The lowest BCUT2D eigenvalue weighted by Gasteiger charge is -1.98. The number of H-pyrrole nitrogens is 1. The molecule has 0 aliphatic carbocycles.